The molecule has 5 heteroatoms. The van der Waals surface area contributed by atoms with Crippen LogP contribution in [-0.2, 0) is 16.5 Å². The number of benzene rings is 4. The maximum Gasteiger partial charge on any atom is 2.00 e. The summed E-state index contributed by atoms with van der Waals surface area (Å²) in [7, 11) is -0.981. The molecular weight excluding hydrogens is 605 g/mol. The summed E-state index contributed by atoms with van der Waals surface area (Å²) < 4.78 is -0.158. The largest absolute Gasteiger partial charge is 2.00 e. The third-order valence-corrected chi connectivity index (χ3v) is 13.3. The van der Waals surface area contributed by atoms with Crippen LogP contribution in [0.5, 0.6) is 0 Å². The van der Waals surface area contributed by atoms with E-state index in [1.54, 1.807) is 0 Å². The van der Waals surface area contributed by atoms with E-state index < -0.39 is 15.8 Å². The summed E-state index contributed by atoms with van der Waals surface area (Å²) in [6.07, 6.45) is 2.05. The third-order valence-electron chi connectivity index (χ3n) is 5.05. The van der Waals surface area contributed by atoms with Gasteiger partial charge in [0.2, 0.25) is 0 Å². The Bertz CT molecular complexity index is 896. The van der Waals surface area contributed by atoms with Crippen LogP contribution in [0.4, 0.5) is 0 Å². The Morgan fingerprint density at radius 2 is 0.656 bits per heavy atom. The molecule has 0 aromatic heterocycles. The molecule has 0 aliphatic carbocycles. The van der Waals surface area contributed by atoms with E-state index in [9.17, 15) is 0 Å². The molecule has 0 heterocycles. The van der Waals surface area contributed by atoms with Crippen molar-refractivity contribution in [1.82, 2.24) is 0 Å². The minimum Gasteiger partial charge on any atom is -0.0719 e. The molecule has 0 radical (unpaired) electrons. The van der Waals surface area contributed by atoms with Gasteiger partial charge in [-0.1, -0.05) is 153 Å². The fraction of sp³-hybridized carbons (Fsp3) is 0.111. The molecule has 0 aliphatic rings. The van der Waals surface area contributed by atoms with Gasteiger partial charge in [0.15, 0.2) is 0 Å². The molecule has 4 aromatic rings. The zero-order valence-corrected chi connectivity index (χ0v) is 23.4. The molecule has 0 aliphatic heterocycles. The molecule has 164 valence electrons. The topological polar surface area (TPSA) is 0 Å². The maximum atomic E-state index is 4.12. The molecule has 0 saturated carbocycles. The van der Waals surface area contributed by atoms with Crippen LogP contribution < -0.4 is 21.2 Å². The van der Waals surface area contributed by atoms with Crippen molar-refractivity contribution in [2.24, 2.45) is 0 Å². The van der Waals surface area contributed by atoms with Gasteiger partial charge in [-0.3, -0.25) is 0 Å². The summed E-state index contributed by atoms with van der Waals surface area (Å²) in [5, 5.41) is 5.65. The first-order valence-electron chi connectivity index (χ1n) is 10.3. The SMILES string of the molecule is BrC(Br)(CP(c1ccccc1)c1ccccc1)CP(c1ccccc1)c1ccccc1.[Ni+2]. The van der Waals surface area contributed by atoms with Crippen molar-refractivity contribution in [2.45, 2.75) is 3.23 Å². The predicted molar refractivity (Wildman–Crippen MR) is 148 cm³/mol. The maximum absolute atomic E-state index is 4.12. The van der Waals surface area contributed by atoms with E-state index in [2.05, 4.69) is 153 Å². The van der Waals surface area contributed by atoms with Gasteiger partial charge in [0.1, 0.15) is 0 Å². The summed E-state index contributed by atoms with van der Waals surface area (Å²) in [5.74, 6) is 0. The second kappa shape index (κ2) is 12.6. The van der Waals surface area contributed by atoms with E-state index in [-0.39, 0.29) is 19.7 Å². The van der Waals surface area contributed by atoms with Crippen LogP contribution in [0.15, 0.2) is 121 Å². The second-order valence-electron chi connectivity index (χ2n) is 7.37. The average molecular weight is 629 g/mol. The fourth-order valence-corrected chi connectivity index (χ4v) is 11.4. The van der Waals surface area contributed by atoms with Crippen molar-refractivity contribution in [2.75, 3.05) is 12.3 Å². The minimum absolute atomic E-state index is 0. The molecule has 0 spiro atoms. The molecule has 4 aromatic carbocycles. The number of hydrogen-bond acceptors (Lipinski definition) is 0. The smallest absolute Gasteiger partial charge is 0.0719 e. The molecule has 0 unspecified atom stereocenters. The van der Waals surface area contributed by atoms with Gasteiger partial charge in [0.05, 0.1) is 3.23 Å². The predicted octanol–water partition coefficient (Wildman–Crippen LogP) is 6.74. The van der Waals surface area contributed by atoms with Crippen molar-refractivity contribution >= 4 is 68.9 Å². The molecule has 4 rings (SSSR count). The van der Waals surface area contributed by atoms with E-state index in [0.717, 1.165) is 12.3 Å². The molecule has 0 fully saturated rings. The van der Waals surface area contributed by atoms with Crippen LogP contribution in [0.3, 0.4) is 0 Å². The Labute approximate surface area is 220 Å². The van der Waals surface area contributed by atoms with Gasteiger partial charge >= 0.3 is 16.5 Å². The number of hydrogen-bond donors (Lipinski definition) is 0. The van der Waals surface area contributed by atoms with Crippen LogP contribution in [0.25, 0.3) is 0 Å². The van der Waals surface area contributed by atoms with E-state index >= 15 is 0 Å². The van der Waals surface area contributed by atoms with Gasteiger partial charge in [0, 0.05) is 12.3 Å². The van der Waals surface area contributed by atoms with Crippen molar-refractivity contribution in [1.29, 1.82) is 0 Å². The zero-order valence-electron chi connectivity index (χ0n) is 17.4. The summed E-state index contributed by atoms with van der Waals surface area (Å²) in [5.41, 5.74) is 0. The fourth-order valence-electron chi connectivity index (χ4n) is 3.61. The molecule has 0 nitrogen and oxygen atoms in total. The molecule has 32 heavy (non-hydrogen) atoms. The van der Waals surface area contributed by atoms with Crippen molar-refractivity contribution in [3.05, 3.63) is 121 Å². The van der Waals surface area contributed by atoms with Gasteiger partial charge < -0.3 is 0 Å². The molecule has 0 atom stereocenters. The van der Waals surface area contributed by atoms with Gasteiger partial charge in [-0.05, 0) is 37.1 Å². The Morgan fingerprint density at radius 3 is 0.875 bits per heavy atom. The zero-order chi connectivity index (χ0) is 21.5. The quantitative estimate of drug-likeness (QED) is 0.115. The minimum atomic E-state index is -0.491. The van der Waals surface area contributed by atoms with Crippen molar-refractivity contribution in [3.63, 3.8) is 0 Å². The molecule has 0 N–H and O–H groups in total. The standard InChI is InChI=1S/C27H24Br2P2.Ni/c28-27(29,21-30(23-13-5-1-6-14-23)24-15-7-2-8-16-24)22-31(25-17-9-3-10-18-25)26-19-11-4-12-20-26;/h1-20H,21-22H2;/q;+2. The molecule has 0 saturated heterocycles. The summed E-state index contributed by atoms with van der Waals surface area (Å²) in [6, 6.07) is 43.8. The van der Waals surface area contributed by atoms with Crippen molar-refractivity contribution in [3.8, 4) is 0 Å². The first-order chi connectivity index (χ1) is 15.1. The van der Waals surface area contributed by atoms with E-state index in [0.29, 0.717) is 0 Å². The normalized spacial score (nSPS) is 11.4. The number of halogens is 2. The van der Waals surface area contributed by atoms with Crippen LogP contribution in [0.2, 0.25) is 0 Å². The van der Waals surface area contributed by atoms with Gasteiger partial charge in [-0.15, -0.1) is 0 Å². The van der Waals surface area contributed by atoms with Crippen molar-refractivity contribution < 1.29 is 16.5 Å². The van der Waals surface area contributed by atoms with Gasteiger partial charge in [-0.25, -0.2) is 0 Å². The van der Waals surface area contributed by atoms with Gasteiger partial charge in [-0.2, -0.15) is 0 Å². The number of rotatable bonds is 8. The summed E-state index contributed by atoms with van der Waals surface area (Å²) in [4.78, 5) is 0. The van der Waals surface area contributed by atoms with E-state index in [4.69, 9.17) is 0 Å². The molecule has 0 bridgehead atoms. The first kappa shape index (κ1) is 25.8. The van der Waals surface area contributed by atoms with Gasteiger partial charge in [0.25, 0.3) is 0 Å². The number of alkyl halides is 2. The Balaban J connectivity index is 0.00000289. The van der Waals surface area contributed by atoms with E-state index in [1.165, 1.54) is 21.2 Å². The van der Waals surface area contributed by atoms with Crippen LogP contribution >= 0.6 is 47.7 Å². The Hall–Kier alpha value is -0.806. The monoisotopic (exact) mass is 626 g/mol. The summed E-state index contributed by atoms with van der Waals surface area (Å²) >= 11 is 8.24. The Morgan fingerprint density at radius 1 is 0.438 bits per heavy atom. The second-order valence-corrected chi connectivity index (χ2v) is 15.9. The van der Waals surface area contributed by atoms with Crippen LogP contribution in [-0.4, -0.2) is 15.6 Å². The first-order valence-corrected chi connectivity index (χ1v) is 14.9. The molecule has 0 amide bonds. The molecular formula is C27H24Br2NiP2+2. The Kier molecular flexibility index (Phi) is 10.2. The third kappa shape index (κ3) is 7.09. The van der Waals surface area contributed by atoms with Crippen LogP contribution in [0.1, 0.15) is 0 Å². The average Bonchev–Trinajstić information content (AvgIpc) is 2.83. The van der Waals surface area contributed by atoms with Crippen LogP contribution in [0, 0.1) is 0 Å². The van der Waals surface area contributed by atoms with E-state index in [1.807, 2.05) is 0 Å². The summed E-state index contributed by atoms with van der Waals surface area (Å²) in [6.45, 7) is 0.